The molecule has 7 heteroatoms. The minimum absolute atomic E-state index is 0.0905. The summed E-state index contributed by atoms with van der Waals surface area (Å²) in [4.78, 5) is 28.5. The van der Waals surface area contributed by atoms with Crippen molar-refractivity contribution >= 4 is 35.0 Å². The van der Waals surface area contributed by atoms with Crippen molar-refractivity contribution in [2.75, 3.05) is 7.11 Å². The van der Waals surface area contributed by atoms with Crippen molar-refractivity contribution < 1.29 is 14.3 Å². The molecule has 0 aliphatic heterocycles. The lowest BCUT2D eigenvalue weighted by atomic mass is 9.95. The number of carbonyl (C=O) groups is 2. The fraction of sp³-hybridized carbons (Fsp3) is 0.462. The highest BCUT2D eigenvalue weighted by Gasteiger charge is 2.30. The van der Waals surface area contributed by atoms with Gasteiger partial charge in [-0.2, -0.15) is 0 Å². The lowest BCUT2D eigenvalue weighted by Gasteiger charge is -2.33. The van der Waals surface area contributed by atoms with Gasteiger partial charge in [-0.25, -0.2) is 0 Å². The number of rotatable bonds is 9. The van der Waals surface area contributed by atoms with E-state index < -0.39 is 6.04 Å². The van der Waals surface area contributed by atoms with Gasteiger partial charge in [-0.15, -0.1) is 0 Å². The number of nitrogens with one attached hydrogen (secondary N) is 1. The zero-order valence-electron chi connectivity index (χ0n) is 19.3. The van der Waals surface area contributed by atoms with Crippen LogP contribution in [0.15, 0.2) is 42.5 Å². The Morgan fingerprint density at radius 3 is 2.55 bits per heavy atom. The zero-order chi connectivity index (χ0) is 23.8. The third kappa shape index (κ3) is 7.12. The standard InChI is InChI=1S/C26H32Cl2N2O3/c1-3-24(26(32)29-21-9-5-4-6-10-21)30(17-18-8-7-11-22(14-18)33-2)25(31)15-19-12-13-20(27)16-23(19)28/h7-8,11-14,16,21,24H,3-6,9-10,15,17H2,1-2H3,(H,29,32). The molecule has 0 spiro atoms. The lowest BCUT2D eigenvalue weighted by molar-refractivity contribution is -0.141. The average Bonchev–Trinajstić information content (AvgIpc) is 2.81. The molecule has 5 nitrogen and oxygen atoms in total. The minimum Gasteiger partial charge on any atom is -0.497 e. The lowest BCUT2D eigenvalue weighted by Crippen LogP contribution is -2.52. The number of amides is 2. The van der Waals surface area contributed by atoms with E-state index in [1.165, 1.54) is 6.42 Å². The van der Waals surface area contributed by atoms with Crippen molar-refractivity contribution in [3.05, 3.63) is 63.6 Å². The summed E-state index contributed by atoms with van der Waals surface area (Å²) in [5, 5.41) is 4.15. The van der Waals surface area contributed by atoms with Gasteiger partial charge in [0.15, 0.2) is 0 Å². The van der Waals surface area contributed by atoms with Gasteiger partial charge in [-0.05, 0) is 54.7 Å². The van der Waals surface area contributed by atoms with Crippen molar-refractivity contribution in [1.29, 1.82) is 0 Å². The number of methoxy groups -OCH3 is 1. The molecule has 0 radical (unpaired) electrons. The van der Waals surface area contributed by atoms with Crippen LogP contribution in [0.5, 0.6) is 5.75 Å². The predicted molar refractivity (Wildman–Crippen MR) is 133 cm³/mol. The summed E-state index contributed by atoms with van der Waals surface area (Å²) >= 11 is 12.3. The van der Waals surface area contributed by atoms with E-state index >= 15 is 0 Å². The van der Waals surface area contributed by atoms with Crippen LogP contribution in [-0.2, 0) is 22.6 Å². The molecule has 1 unspecified atom stereocenters. The van der Waals surface area contributed by atoms with Crippen LogP contribution < -0.4 is 10.1 Å². The van der Waals surface area contributed by atoms with Gasteiger partial charge in [0.1, 0.15) is 11.8 Å². The maximum atomic E-state index is 13.5. The first-order valence-electron chi connectivity index (χ1n) is 11.6. The van der Waals surface area contributed by atoms with E-state index in [4.69, 9.17) is 27.9 Å². The van der Waals surface area contributed by atoms with E-state index in [0.29, 0.717) is 34.3 Å². The second-order valence-corrected chi connectivity index (χ2v) is 9.40. The second-order valence-electron chi connectivity index (χ2n) is 8.55. The van der Waals surface area contributed by atoms with E-state index in [0.717, 1.165) is 31.2 Å². The monoisotopic (exact) mass is 490 g/mol. The molecule has 1 saturated carbocycles. The SMILES string of the molecule is CCC(C(=O)NC1CCCCC1)N(Cc1cccc(OC)c1)C(=O)Cc1ccc(Cl)cc1Cl. The highest BCUT2D eigenvalue weighted by Crippen LogP contribution is 2.24. The molecular formula is C26H32Cl2N2O3. The van der Waals surface area contributed by atoms with Crippen LogP contribution in [0.2, 0.25) is 10.0 Å². The summed E-state index contributed by atoms with van der Waals surface area (Å²) in [6, 6.07) is 12.3. The molecule has 0 heterocycles. The van der Waals surface area contributed by atoms with E-state index in [1.807, 2.05) is 31.2 Å². The van der Waals surface area contributed by atoms with Gasteiger partial charge < -0.3 is 15.0 Å². The van der Waals surface area contributed by atoms with Crippen LogP contribution in [0.1, 0.15) is 56.6 Å². The normalized spacial score (nSPS) is 15.0. The van der Waals surface area contributed by atoms with Crippen LogP contribution in [-0.4, -0.2) is 35.9 Å². The number of hydrogen-bond acceptors (Lipinski definition) is 3. The molecule has 0 aromatic heterocycles. The van der Waals surface area contributed by atoms with E-state index in [-0.39, 0.29) is 24.3 Å². The summed E-state index contributed by atoms with van der Waals surface area (Å²) in [6.45, 7) is 2.24. The molecule has 178 valence electrons. The Hall–Kier alpha value is -2.24. The number of nitrogens with zero attached hydrogens (tertiary/aromatic N) is 1. The first-order valence-corrected chi connectivity index (χ1v) is 12.3. The van der Waals surface area contributed by atoms with E-state index in [1.54, 1.807) is 30.2 Å². The molecule has 0 bridgehead atoms. The Kier molecular flexibility index (Phi) is 9.45. The van der Waals surface area contributed by atoms with Crippen LogP contribution >= 0.6 is 23.2 Å². The summed E-state index contributed by atoms with van der Waals surface area (Å²) in [7, 11) is 1.61. The quantitative estimate of drug-likeness (QED) is 0.482. The summed E-state index contributed by atoms with van der Waals surface area (Å²) in [5.74, 6) is 0.455. The molecule has 3 rings (SSSR count). The Balaban J connectivity index is 1.84. The molecule has 33 heavy (non-hydrogen) atoms. The highest BCUT2D eigenvalue weighted by atomic mass is 35.5. The zero-order valence-corrected chi connectivity index (χ0v) is 20.8. The third-order valence-electron chi connectivity index (χ3n) is 6.18. The topological polar surface area (TPSA) is 58.6 Å². The van der Waals surface area contributed by atoms with Crippen molar-refractivity contribution in [2.24, 2.45) is 0 Å². The number of carbonyl (C=O) groups excluding carboxylic acids is 2. The number of hydrogen-bond donors (Lipinski definition) is 1. The number of benzene rings is 2. The van der Waals surface area contributed by atoms with Crippen LogP contribution in [0.4, 0.5) is 0 Å². The van der Waals surface area contributed by atoms with Gasteiger partial charge in [-0.3, -0.25) is 9.59 Å². The van der Waals surface area contributed by atoms with Crippen molar-refractivity contribution in [1.82, 2.24) is 10.2 Å². The first-order chi connectivity index (χ1) is 15.9. The van der Waals surface area contributed by atoms with E-state index in [9.17, 15) is 9.59 Å². The molecule has 1 fully saturated rings. The first kappa shape index (κ1) is 25.4. The van der Waals surface area contributed by atoms with Gasteiger partial charge in [0.25, 0.3) is 0 Å². The minimum atomic E-state index is -0.572. The van der Waals surface area contributed by atoms with Crippen molar-refractivity contribution in [3.63, 3.8) is 0 Å². The molecule has 1 aliphatic rings. The fourth-order valence-corrected chi connectivity index (χ4v) is 4.84. The van der Waals surface area contributed by atoms with Gasteiger partial charge in [-0.1, -0.05) is 67.6 Å². The maximum absolute atomic E-state index is 13.5. The Morgan fingerprint density at radius 2 is 1.88 bits per heavy atom. The Morgan fingerprint density at radius 1 is 1.12 bits per heavy atom. The molecule has 1 aliphatic carbocycles. The summed E-state index contributed by atoms with van der Waals surface area (Å²) in [6.07, 6.45) is 6.06. The molecule has 2 aromatic rings. The largest absolute Gasteiger partial charge is 0.497 e. The molecule has 2 aromatic carbocycles. The molecule has 2 amide bonds. The molecule has 0 saturated heterocycles. The van der Waals surface area contributed by atoms with Crippen LogP contribution in [0.25, 0.3) is 0 Å². The molecule has 1 atom stereocenters. The maximum Gasteiger partial charge on any atom is 0.243 e. The number of halogens is 2. The van der Waals surface area contributed by atoms with E-state index in [2.05, 4.69) is 5.32 Å². The predicted octanol–water partition coefficient (Wildman–Crippen LogP) is 5.80. The molecule has 1 N–H and O–H groups in total. The average molecular weight is 491 g/mol. The smallest absolute Gasteiger partial charge is 0.243 e. The summed E-state index contributed by atoms with van der Waals surface area (Å²) in [5.41, 5.74) is 1.58. The Labute approximate surface area is 206 Å². The second kappa shape index (κ2) is 12.3. The third-order valence-corrected chi connectivity index (χ3v) is 6.77. The fourth-order valence-electron chi connectivity index (χ4n) is 4.36. The molecular weight excluding hydrogens is 459 g/mol. The van der Waals surface area contributed by atoms with Crippen LogP contribution in [0.3, 0.4) is 0 Å². The van der Waals surface area contributed by atoms with Gasteiger partial charge >= 0.3 is 0 Å². The van der Waals surface area contributed by atoms with Gasteiger partial charge in [0, 0.05) is 22.6 Å². The number of ether oxygens (including phenoxy) is 1. The van der Waals surface area contributed by atoms with Gasteiger partial charge in [0.2, 0.25) is 11.8 Å². The Bertz CT molecular complexity index is 960. The van der Waals surface area contributed by atoms with Crippen molar-refractivity contribution in [3.8, 4) is 5.75 Å². The van der Waals surface area contributed by atoms with Crippen molar-refractivity contribution in [2.45, 2.75) is 70.5 Å². The summed E-state index contributed by atoms with van der Waals surface area (Å²) < 4.78 is 5.34. The van der Waals surface area contributed by atoms with Gasteiger partial charge in [0.05, 0.1) is 13.5 Å². The highest BCUT2D eigenvalue weighted by molar-refractivity contribution is 6.35. The van der Waals surface area contributed by atoms with Crippen LogP contribution in [0, 0.1) is 0 Å².